The minimum Gasteiger partial charge on any atom is -0.462 e. The van der Waals surface area contributed by atoms with Crippen molar-refractivity contribution < 1.29 is 9.53 Å². The summed E-state index contributed by atoms with van der Waals surface area (Å²) < 4.78 is 5.41. The molecule has 2 heteroatoms. The van der Waals surface area contributed by atoms with Gasteiger partial charge in [-0.2, -0.15) is 0 Å². The summed E-state index contributed by atoms with van der Waals surface area (Å²) in [5.74, 6) is 0.822. The van der Waals surface area contributed by atoms with Gasteiger partial charge >= 0.3 is 5.97 Å². The van der Waals surface area contributed by atoms with Crippen LogP contribution < -0.4 is 0 Å². The Hall–Kier alpha value is -0.530. The van der Waals surface area contributed by atoms with Gasteiger partial charge in [0.1, 0.15) is 6.10 Å². The highest BCUT2D eigenvalue weighted by molar-refractivity contribution is 5.75. The van der Waals surface area contributed by atoms with E-state index in [4.69, 9.17) is 4.74 Å². The number of fused-ring (bicyclic) bond motifs is 1. The second kappa shape index (κ2) is 3.69. The van der Waals surface area contributed by atoms with E-state index >= 15 is 0 Å². The predicted molar refractivity (Wildman–Crippen MR) is 50.2 cm³/mol. The monoisotopic (exact) mass is 182 g/mol. The summed E-state index contributed by atoms with van der Waals surface area (Å²) in [7, 11) is 0. The maximum absolute atomic E-state index is 11.5. The molecule has 0 N–H and O–H groups in total. The van der Waals surface area contributed by atoms with Crippen LogP contribution in [0.4, 0.5) is 0 Å². The van der Waals surface area contributed by atoms with Crippen LogP contribution in [-0.2, 0) is 9.53 Å². The zero-order valence-corrected chi connectivity index (χ0v) is 8.29. The molecule has 13 heavy (non-hydrogen) atoms. The van der Waals surface area contributed by atoms with E-state index in [9.17, 15) is 4.79 Å². The van der Waals surface area contributed by atoms with Crippen molar-refractivity contribution in [2.24, 2.45) is 11.8 Å². The average molecular weight is 182 g/mol. The molecule has 0 bridgehead atoms. The lowest BCUT2D eigenvalue weighted by Crippen LogP contribution is -2.19. The summed E-state index contributed by atoms with van der Waals surface area (Å²) >= 11 is 0. The molecule has 1 saturated carbocycles. The van der Waals surface area contributed by atoms with Crippen LogP contribution in [0.5, 0.6) is 0 Å². The molecule has 2 fully saturated rings. The first kappa shape index (κ1) is 9.04. The quantitative estimate of drug-likeness (QED) is 0.582. The fourth-order valence-electron chi connectivity index (χ4n) is 2.79. The minimum atomic E-state index is 0.0689. The molecule has 1 saturated heterocycles. The van der Waals surface area contributed by atoms with E-state index in [-0.39, 0.29) is 18.0 Å². The van der Waals surface area contributed by atoms with Crippen molar-refractivity contribution in [3.63, 3.8) is 0 Å². The van der Waals surface area contributed by atoms with Gasteiger partial charge in [-0.25, -0.2) is 0 Å². The van der Waals surface area contributed by atoms with Crippen LogP contribution in [0, 0.1) is 11.8 Å². The van der Waals surface area contributed by atoms with E-state index in [1.165, 1.54) is 25.7 Å². The third-order valence-corrected chi connectivity index (χ3v) is 3.53. The lowest BCUT2D eigenvalue weighted by Gasteiger charge is -2.16. The van der Waals surface area contributed by atoms with E-state index in [0.717, 1.165) is 12.8 Å². The third kappa shape index (κ3) is 1.59. The Bertz CT molecular complexity index is 200. The third-order valence-electron chi connectivity index (χ3n) is 3.53. The second-order valence-corrected chi connectivity index (χ2v) is 4.29. The Morgan fingerprint density at radius 2 is 2.08 bits per heavy atom. The Labute approximate surface area is 79.7 Å². The van der Waals surface area contributed by atoms with E-state index in [1.54, 1.807) is 0 Å². The number of carbonyl (C=O) groups is 1. The number of carbonyl (C=O) groups excluding carboxylic acids is 1. The maximum atomic E-state index is 11.5. The molecule has 0 aromatic carbocycles. The molecule has 1 heterocycles. The zero-order chi connectivity index (χ0) is 9.26. The standard InChI is InChI=1S/C11H18O2/c1-2-8-9-6-4-3-5-7-10(9)13-11(8)12/h8-10H,2-7H2,1H3/t8-,9-,10?/m0/s1. The number of hydrogen-bond donors (Lipinski definition) is 0. The molecule has 1 aliphatic heterocycles. The van der Waals surface area contributed by atoms with Gasteiger partial charge in [-0.15, -0.1) is 0 Å². The van der Waals surface area contributed by atoms with Gasteiger partial charge in [0.25, 0.3) is 0 Å². The average Bonchev–Trinajstić information content (AvgIpc) is 2.32. The van der Waals surface area contributed by atoms with Crippen molar-refractivity contribution >= 4 is 5.97 Å². The highest BCUT2D eigenvalue weighted by atomic mass is 16.6. The first-order chi connectivity index (χ1) is 6.33. The molecule has 1 unspecified atom stereocenters. The van der Waals surface area contributed by atoms with Crippen LogP contribution in [0.3, 0.4) is 0 Å². The largest absolute Gasteiger partial charge is 0.462 e. The van der Waals surface area contributed by atoms with Crippen molar-refractivity contribution in [2.75, 3.05) is 0 Å². The summed E-state index contributed by atoms with van der Waals surface area (Å²) in [6.07, 6.45) is 7.38. The first-order valence-electron chi connectivity index (χ1n) is 5.53. The van der Waals surface area contributed by atoms with E-state index in [1.807, 2.05) is 0 Å². The van der Waals surface area contributed by atoms with E-state index in [2.05, 4.69) is 6.92 Å². The van der Waals surface area contributed by atoms with Gasteiger partial charge in [0.2, 0.25) is 0 Å². The van der Waals surface area contributed by atoms with Gasteiger partial charge in [-0.1, -0.05) is 19.8 Å². The molecule has 2 rings (SSSR count). The van der Waals surface area contributed by atoms with Crippen LogP contribution in [-0.4, -0.2) is 12.1 Å². The number of ether oxygens (including phenoxy) is 1. The summed E-state index contributed by atoms with van der Waals surface area (Å²) in [4.78, 5) is 11.5. The van der Waals surface area contributed by atoms with E-state index < -0.39 is 0 Å². The molecule has 0 aromatic rings. The summed E-state index contributed by atoms with van der Waals surface area (Å²) in [5, 5.41) is 0. The highest BCUT2D eigenvalue weighted by Gasteiger charge is 2.43. The molecule has 0 spiro atoms. The van der Waals surface area contributed by atoms with Gasteiger partial charge in [0, 0.05) is 5.92 Å². The normalized spacial score (nSPS) is 39.5. The summed E-state index contributed by atoms with van der Waals surface area (Å²) in [6.45, 7) is 2.10. The van der Waals surface area contributed by atoms with Crippen molar-refractivity contribution in [3.8, 4) is 0 Å². The SMILES string of the molecule is CC[C@@H]1C(=O)OC2CCCCC[C@H]21. The topological polar surface area (TPSA) is 26.3 Å². The molecular formula is C11H18O2. The van der Waals surface area contributed by atoms with Crippen LogP contribution in [0.2, 0.25) is 0 Å². The Kier molecular flexibility index (Phi) is 2.56. The first-order valence-corrected chi connectivity index (χ1v) is 5.53. The van der Waals surface area contributed by atoms with Gasteiger partial charge in [0.05, 0.1) is 5.92 Å². The van der Waals surface area contributed by atoms with Crippen molar-refractivity contribution in [1.82, 2.24) is 0 Å². The Morgan fingerprint density at radius 1 is 1.31 bits per heavy atom. The summed E-state index contributed by atoms with van der Waals surface area (Å²) in [5.41, 5.74) is 0. The highest BCUT2D eigenvalue weighted by Crippen LogP contribution is 2.38. The van der Waals surface area contributed by atoms with Gasteiger partial charge in [0.15, 0.2) is 0 Å². The molecule has 3 atom stereocenters. The fraction of sp³-hybridized carbons (Fsp3) is 0.909. The molecule has 74 valence electrons. The number of hydrogen-bond acceptors (Lipinski definition) is 2. The smallest absolute Gasteiger partial charge is 0.309 e. The van der Waals surface area contributed by atoms with Crippen molar-refractivity contribution in [3.05, 3.63) is 0 Å². The Balaban J connectivity index is 2.09. The molecule has 0 aromatic heterocycles. The molecule has 0 radical (unpaired) electrons. The van der Waals surface area contributed by atoms with Crippen LogP contribution >= 0.6 is 0 Å². The summed E-state index contributed by atoms with van der Waals surface area (Å²) in [6, 6.07) is 0. The van der Waals surface area contributed by atoms with Crippen LogP contribution in [0.25, 0.3) is 0 Å². The minimum absolute atomic E-state index is 0.0689. The Morgan fingerprint density at radius 3 is 2.85 bits per heavy atom. The number of rotatable bonds is 1. The van der Waals surface area contributed by atoms with Gasteiger partial charge in [-0.3, -0.25) is 4.79 Å². The molecular weight excluding hydrogens is 164 g/mol. The predicted octanol–water partition coefficient (Wildman–Crippen LogP) is 2.52. The fourth-order valence-corrected chi connectivity index (χ4v) is 2.79. The zero-order valence-electron chi connectivity index (χ0n) is 8.29. The molecule has 2 nitrogen and oxygen atoms in total. The van der Waals surface area contributed by atoms with Crippen molar-refractivity contribution in [2.45, 2.75) is 51.6 Å². The molecule has 1 aliphatic carbocycles. The molecule has 2 aliphatic rings. The van der Waals surface area contributed by atoms with Crippen molar-refractivity contribution in [1.29, 1.82) is 0 Å². The number of esters is 1. The lowest BCUT2D eigenvalue weighted by atomic mass is 9.85. The van der Waals surface area contributed by atoms with Crippen LogP contribution in [0.15, 0.2) is 0 Å². The van der Waals surface area contributed by atoms with Gasteiger partial charge in [-0.05, 0) is 25.7 Å². The van der Waals surface area contributed by atoms with E-state index in [0.29, 0.717) is 5.92 Å². The second-order valence-electron chi connectivity index (χ2n) is 4.29. The van der Waals surface area contributed by atoms with Gasteiger partial charge < -0.3 is 4.74 Å². The molecule has 0 amide bonds. The lowest BCUT2D eigenvalue weighted by molar-refractivity contribution is -0.144. The van der Waals surface area contributed by atoms with Crippen LogP contribution in [0.1, 0.15) is 45.4 Å². The maximum Gasteiger partial charge on any atom is 0.309 e.